The highest BCUT2D eigenvalue weighted by Crippen LogP contribution is 2.39. The van der Waals surface area contributed by atoms with Crippen molar-refractivity contribution in [2.24, 2.45) is 0 Å². The molecule has 0 aliphatic rings. The summed E-state index contributed by atoms with van der Waals surface area (Å²) in [5, 5.41) is 12.6. The first-order valence-corrected chi connectivity index (χ1v) is 7.35. The van der Waals surface area contributed by atoms with Gasteiger partial charge in [0, 0.05) is 15.7 Å². The fraction of sp³-hybridized carbons (Fsp3) is 0.286. The highest BCUT2D eigenvalue weighted by molar-refractivity contribution is 6.34. The fourth-order valence-electron chi connectivity index (χ4n) is 2.33. The van der Waals surface area contributed by atoms with Crippen LogP contribution in [0.5, 0.6) is 0 Å². The van der Waals surface area contributed by atoms with Gasteiger partial charge < -0.3 is 9.84 Å². The summed E-state index contributed by atoms with van der Waals surface area (Å²) < 4.78 is 44.8. The van der Waals surface area contributed by atoms with E-state index in [0.717, 1.165) is 6.92 Å². The van der Waals surface area contributed by atoms with Crippen molar-refractivity contribution in [3.8, 4) is 5.69 Å². The summed E-state index contributed by atoms with van der Waals surface area (Å²) in [5.41, 5.74) is -7.01. The number of alkyl halides is 3. The molecule has 1 unspecified atom stereocenters. The highest BCUT2D eigenvalue weighted by atomic mass is 35.5. The molecule has 2 N–H and O–H groups in total. The molecular weight excluding hydrogens is 388 g/mol. The average molecular weight is 399 g/mol. The van der Waals surface area contributed by atoms with Crippen LogP contribution in [0, 0.1) is 6.92 Å². The molecule has 0 aliphatic heterocycles. The molecule has 0 bridgehead atoms. The first-order valence-electron chi connectivity index (χ1n) is 6.59. The van der Waals surface area contributed by atoms with E-state index in [1.54, 1.807) is 0 Å². The molecule has 1 heterocycles. The number of aromatic nitrogens is 2. The Bertz CT molecular complexity index is 871. The zero-order chi connectivity index (χ0) is 19.2. The van der Waals surface area contributed by atoms with Crippen LogP contribution in [0.2, 0.25) is 10.0 Å². The number of hydrogen-bond donors (Lipinski definition) is 2. The summed E-state index contributed by atoms with van der Waals surface area (Å²) in [6.07, 6.45) is -5.49. The maximum atomic E-state index is 13.4. The van der Waals surface area contributed by atoms with Gasteiger partial charge in [-0.15, -0.1) is 0 Å². The number of H-pyrrole nitrogens is 1. The Hall–Kier alpha value is -1.97. The molecule has 2 rings (SSSR count). The first-order chi connectivity index (χ1) is 11.4. The lowest BCUT2D eigenvalue weighted by Gasteiger charge is -2.26. The van der Waals surface area contributed by atoms with Gasteiger partial charge in [0.2, 0.25) is 0 Å². The molecule has 25 heavy (non-hydrogen) atoms. The monoisotopic (exact) mass is 398 g/mol. The maximum Gasteiger partial charge on any atom is 0.432 e. The number of nitrogens with zero attached hydrogens (tertiary/aromatic N) is 1. The Morgan fingerprint density at radius 2 is 1.76 bits per heavy atom. The molecule has 0 radical (unpaired) electrons. The molecule has 1 aromatic carbocycles. The van der Waals surface area contributed by atoms with Crippen molar-refractivity contribution in [2.75, 3.05) is 7.11 Å². The first kappa shape index (κ1) is 19.4. The van der Waals surface area contributed by atoms with Crippen molar-refractivity contribution in [1.82, 2.24) is 9.78 Å². The van der Waals surface area contributed by atoms with Crippen LogP contribution >= 0.6 is 23.2 Å². The van der Waals surface area contributed by atoms with Crippen LogP contribution in [0.4, 0.5) is 13.2 Å². The number of aliphatic hydroxyl groups is 1. The van der Waals surface area contributed by atoms with E-state index >= 15 is 0 Å². The SMILES string of the molecule is COC(=O)C(O)(c1c(C)[nH]n(-c2cc(Cl)cc(Cl)c2)c1=O)C(F)(F)F. The van der Waals surface area contributed by atoms with Gasteiger partial charge in [0.15, 0.2) is 0 Å². The lowest BCUT2D eigenvalue weighted by Crippen LogP contribution is -2.52. The molecular formula is C14H11Cl2F3N2O4. The van der Waals surface area contributed by atoms with Crippen molar-refractivity contribution >= 4 is 29.2 Å². The van der Waals surface area contributed by atoms with Gasteiger partial charge in [0.05, 0.1) is 18.4 Å². The predicted octanol–water partition coefficient (Wildman–Crippen LogP) is 2.70. The van der Waals surface area contributed by atoms with E-state index in [1.165, 1.54) is 18.2 Å². The van der Waals surface area contributed by atoms with Crippen LogP contribution < -0.4 is 5.56 Å². The molecule has 11 heteroatoms. The maximum absolute atomic E-state index is 13.4. The Balaban J connectivity index is 2.79. The lowest BCUT2D eigenvalue weighted by atomic mass is 9.93. The molecule has 0 fully saturated rings. The zero-order valence-electron chi connectivity index (χ0n) is 12.7. The minimum atomic E-state index is -5.49. The topological polar surface area (TPSA) is 84.3 Å². The van der Waals surface area contributed by atoms with Crippen molar-refractivity contribution in [3.63, 3.8) is 0 Å². The third-order valence-corrected chi connectivity index (χ3v) is 3.87. The van der Waals surface area contributed by atoms with Crippen LogP contribution in [0.3, 0.4) is 0 Å². The summed E-state index contributed by atoms with van der Waals surface area (Å²) >= 11 is 11.6. The van der Waals surface area contributed by atoms with Gasteiger partial charge in [-0.1, -0.05) is 23.2 Å². The average Bonchev–Trinajstić information content (AvgIpc) is 2.78. The van der Waals surface area contributed by atoms with Gasteiger partial charge in [-0.25, -0.2) is 9.48 Å². The number of benzene rings is 1. The molecule has 0 saturated carbocycles. The van der Waals surface area contributed by atoms with E-state index in [2.05, 4.69) is 9.84 Å². The van der Waals surface area contributed by atoms with Gasteiger partial charge in [0.1, 0.15) is 0 Å². The molecule has 1 aromatic heterocycles. The summed E-state index contributed by atoms with van der Waals surface area (Å²) in [7, 11) is 0.663. The second-order valence-corrected chi connectivity index (χ2v) is 5.95. The zero-order valence-corrected chi connectivity index (χ0v) is 14.3. The van der Waals surface area contributed by atoms with Crippen molar-refractivity contribution < 1.29 is 27.8 Å². The van der Waals surface area contributed by atoms with E-state index in [9.17, 15) is 27.9 Å². The van der Waals surface area contributed by atoms with Crippen molar-refractivity contribution in [3.05, 3.63) is 49.9 Å². The molecule has 0 spiro atoms. The third-order valence-electron chi connectivity index (χ3n) is 3.43. The van der Waals surface area contributed by atoms with Gasteiger partial charge >= 0.3 is 12.1 Å². The molecule has 0 amide bonds. The molecule has 1 atom stereocenters. The number of halogens is 5. The predicted molar refractivity (Wildman–Crippen MR) is 83.1 cm³/mol. The Kier molecular flexibility index (Phi) is 4.95. The summed E-state index contributed by atoms with van der Waals surface area (Å²) in [5.74, 6) is -2.03. The number of hydrogen-bond acceptors (Lipinski definition) is 4. The fourth-order valence-corrected chi connectivity index (χ4v) is 2.84. The Labute approximate surface area is 148 Å². The summed E-state index contributed by atoms with van der Waals surface area (Å²) in [6.45, 7) is 1.10. The Morgan fingerprint density at radius 1 is 1.24 bits per heavy atom. The smallest absolute Gasteiger partial charge is 0.432 e. The lowest BCUT2D eigenvalue weighted by molar-refractivity contribution is -0.267. The van der Waals surface area contributed by atoms with E-state index in [1.807, 2.05) is 0 Å². The van der Waals surface area contributed by atoms with Crippen LogP contribution in [0.1, 0.15) is 11.3 Å². The minimum absolute atomic E-state index is 0.0197. The molecule has 0 saturated heterocycles. The van der Waals surface area contributed by atoms with Gasteiger partial charge in [-0.3, -0.25) is 9.89 Å². The van der Waals surface area contributed by atoms with Gasteiger partial charge in [-0.2, -0.15) is 13.2 Å². The van der Waals surface area contributed by atoms with E-state index in [0.29, 0.717) is 11.8 Å². The van der Waals surface area contributed by atoms with Gasteiger partial charge in [0.25, 0.3) is 11.2 Å². The Morgan fingerprint density at radius 3 is 2.20 bits per heavy atom. The molecule has 2 aromatic rings. The molecule has 136 valence electrons. The largest absolute Gasteiger partial charge is 0.466 e. The van der Waals surface area contributed by atoms with Crippen LogP contribution in [0.15, 0.2) is 23.0 Å². The summed E-state index contributed by atoms with van der Waals surface area (Å²) in [6, 6.07) is 3.88. The van der Waals surface area contributed by atoms with E-state index in [4.69, 9.17) is 23.2 Å². The molecule has 6 nitrogen and oxygen atoms in total. The standard InChI is InChI=1S/C14H11Cl2F3N2O4/c1-6-10(13(24,12(23)25-2)14(17,18)19)11(22)21(20-6)9-4-7(15)3-8(16)5-9/h3-5,20,24H,1-2H3. The number of carbonyl (C=O) groups is 1. The number of aryl methyl sites for hydroxylation is 1. The number of nitrogens with one attached hydrogen (secondary N) is 1. The van der Waals surface area contributed by atoms with Crippen molar-refractivity contribution in [1.29, 1.82) is 0 Å². The number of aromatic amines is 1. The van der Waals surface area contributed by atoms with E-state index < -0.39 is 28.9 Å². The van der Waals surface area contributed by atoms with Crippen LogP contribution in [0.25, 0.3) is 5.69 Å². The van der Waals surface area contributed by atoms with Crippen LogP contribution in [-0.4, -0.2) is 34.1 Å². The number of rotatable bonds is 3. The molecule has 0 aliphatic carbocycles. The number of carbonyl (C=O) groups excluding carboxylic acids is 1. The minimum Gasteiger partial charge on any atom is -0.466 e. The van der Waals surface area contributed by atoms with Crippen LogP contribution in [-0.2, 0) is 15.1 Å². The highest BCUT2D eigenvalue weighted by Gasteiger charge is 2.64. The summed E-state index contributed by atoms with van der Waals surface area (Å²) in [4.78, 5) is 24.1. The second-order valence-electron chi connectivity index (χ2n) is 5.08. The normalized spacial score (nSPS) is 14.2. The van der Waals surface area contributed by atoms with Gasteiger partial charge in [-0.05, 0) is 25.1 Å². The number of ether oxygens (including phenoxy) is 1. The van der Waals surface area contributed by atoms with Crippen molar-refractivity contribution in [2.45, 2.75) is 18.7 Å². The number of esters is 1. The quantitative estimate of drug-likeness (QED) is 0.778. The van der Waals surface area contributed by atoms with E-state index in [-0.39, 0.29) is 21.4 Å². The third kappa shape index (κ3) is 3.14. The second kappa shape index (κ2) is 6.40. The number of methoxy groups -OCH3 is 1.